The third kappa shape index (κ3) is 4.48. The maximum absolute atomic E-state index is 12.6. The number of morpholine rings is 1. The quantitative estimate of drug-likeness (QED) is 0.860. The van der Waals surface area contributed by atoms with Crippen LogP contribution in [0.15, 0.2) is 48.5 Å². The van der Waals surface area contributed by atoms with Crippen LogP contribution >= 0.6 is 11.6 Å². The Morgan fingerprint density at radius 1 is 1.15 bits per heavy atom. The summed E-state index contributed by atoms with van der Waals surface area (Å²) in [5.41, 5.74) is 0.575. The third-order valence-corrected chi connectivity index (χ3v) is 4.52. The average Bonchev–Trinajstić information content (AvgIpc) is 2.63. The van der Waals surface area contributed by atoms with Crippen LogP contribution in [0.3, 0.4) is 0 Å². The maximum Gasteiger partial charge on any atom is 0.267 e. The summed E-state index contributed by atoms with van der Waals surface area (Å²) in [7, 11) is 0. The first-order valence-electron chi connectivity index (χ1n) is 8.63. The van der Waals surface area contributed by atoms with Crippen molar-refractivity contribution in [3.05, 3.63) is 53.6 Å². The van der Waals surface area contributed by atoms with Crippen molar-refractivity contribution in [2.45, 2.75) is 19.4 Å². The van der Waals surface area contributed by atoms with Crippen molar-refractivity contribution in [1.29, 1.82) is 0 Å². The molecule has 1 fully saturated rings. The fourth-order valence-electron chi connectivity index (χ4n) is 2.76. The number of hydrogen-bond donors (Lipinski definition) is 1. The smallest absolute Gasteiger partial charge is 0.267 e. The molecular weight excluding hydrogens is 352 g/mol. The van der Waals surface area contributed by atoms with Crippen molar-refractivity contribution in [3.63, 3.8) is 0 Å². The van der Waals surface area contributed by atoms with Gasteiger partial charge >= 0.3 is 0 Å². The standard InChI is InChI=1S/C20H23ClN2O3/c1-20(2,26-16-6-4-3-5-7-16)19(24)22-15-8-9-18(17(21)14-15)23-10-12-25-13-11-23/h3-9,14H,10-13H2,1-2H3,(H,22,24). The van der Waals surface area contributed by atoms with E-state index in [9.17, 15) is 4.79 Å². The largest absolute Gasteiger partial charge is 0.478 e. The lowest BCUT2D eigenvalue weighted by Gasteiger charge is -2.30. The van der Waals surface area contributed by atoms with Gasteiger partial charge in [-0.25, -0.2) is 0 Å². The van der Waals surface area contributed by atoms with Gasteiger partial charge in [0.15, 0.2) is 5.60 Å². The Hall–Kier alpha value is -2.24. The molecule has 2 aromatic carbocycles. The number of rotatable bonds is 5. The number of para-hydroxylation sites is 1. The van der Waals surface area contributed by atoms with Gasteiger partial charge in [-0.15, -0.1) is 0 Å². The Morgan fingerprint density at radius 3 is 2.50 bits per heavy atom. The molecule has 0 radical (unpaired) electrons. The molecule has 1 N–H and O–H groups in total. The number of nitrogens with zero attached hydrogens (tertiary/aromatic N) is 1. The summed E-state index contributed by atoms with van der Waals surface area (Å²) in [5.74, 6) is 0.407. The zero-order chi connectivity index (χ0) is 18.6. The lowest BCUT2D eigenvalue weighted by molar-refractivity contribution is -0.128. The number of carbonyl (C=O) groups excluding carboxylic acids is 1. The van der Waals surface area contributed by atoms with E-state index in [-0.39, 0.29) is 5.91 Å². The number of carbonyl (C=O) groups is 1. The summed E-state index contributed by atoms with van der Waals surface area (Å²) in [6.07, 6.45) is 0. The Kier molecular flexibility index (Phi) is 5.69. The van der Waals surface area contributed by atoms with Gasteiger partial charge < -0.3 is 19.7 Å². The van der Waals surface area contributed by atoms with E-state index in [1.165, 1.54) is 0 Å². The predicted molar refractivity (Wildman–Crippen MR) is 104 cm³/mol. The van der Waals surface area contributed by atoms with Gasteiger partial charge in [0, 0.05) is 18.8 Å². The molecule has 6 heteroatoms. The zero-order valence-electron chi connectivity index (χ0n) is 15.0. The van der Waals surface area contributed by atoms with E-state index in [0.717, 1.165) is 18.8 Å². The first-order chi connectivity index (χ1) is 12.5. The Morgan fingerprint density at radius 2 is 1.85 bits per heavy atom. The van der Waals surface area contributed by atoms with Crippen molar-refractivity contribution in [1.82, 2.24) is 0 Å². The van der Waals surface area contributed by atoms with Crippen LogP contribution in [0.1, 0.15) is 13.8 Å². The first kappa shape index (κ1) is 18.5. The van der Waals surface area contributed by atoms with E-state index in [2.05, 4.69) is 10.2 Å². The monoisotopic (exact) mass is 374 g/mol. The molecule has 0 spiro atoms. The number of benzene rings is 2. The average molecular weight is 375 g/mol. The number of nitrogens with one attached hydrogen (secondary N) is 1. The molecule has 0 saturated carbocycles. The molecule has 5 nitrogen and oxygen atoms in total. The second kappa shape index (κ2) is 7.98. The van der Waals surface area contributed by atoms with E-state index in [4.69, 9.17) is 21.1 Å². The molecule has 138 valence electrons. The van der Waals surface area contributed by atoms with Crippen LogP contribution < -0.4 is 15.0 Å². The molecule has 1 heterocycles. The van der Waals surface area contributed by atoms with Crippen LogP contribution in [0, 0.1) is 0 Å². The Bertz CT molecular complexity index is 759. The van der Waals surface area contributed by atoms with Gasteiger partial charge in [-0.1, -0.05) is 29.8 Å². The van der Waals surface area contributed by atoms with Crippen molar-refractivity contribution in [3.8, 4) is 5.75 Å². The summed E-state index contributed by atoms with van der Waals surface area (Å²) >= 11 is 6.43. The summed E-state index contributed by atoms with van der Waals surface area (Å²) in [4.78, 5) is 14.8. The van der Waals surface area contributed by atoms with Crippen LogP contribution in [0.5, 0.6) is 5.75 Å². The summed E-state index contributed by atoms with van der Waals surface area (Å²) in [6.45, 7) is 6.48. The number of amides is 1. The highest BCUT2D eigenvalue weighted by Crippen LogP contribution is 2.30. The summed E-state index contributed by atoms with van der Waals surface area (Å²) < 4.78 is 11.2. The zero-order valence-corrected chi connectivity index (χ0v) is 15.8. The van der Waals surface area contributed by atoms with Crippen molar-refractivity contribution in [2.24, 2.45) is 0 Å². The first-order valence-corrected chi connectivity index (χ1v) is 9.01. The highest BCUT2D eigenvalue weighted by Gasteiger charge is 2.30. The molecule has 0 aromatic heterocycles. The molecule has 3 rings (SSSR count). The van der Waals surface area contributed by atoms with Crippen LogP contribution in [0.25, 0.3) is 0 Å². The fraction of sp³-hybridized carbons (Fsp3) is 0.350. The van der Waals surface area contributed by atoms with Gasteiger partial charge in [-0.2, -0.15) is 0 Å². The van der Waals surface area contributed by atoms with Gasteiger partial charge in [0.25, 0.3) is 5.91 Å². The van der Waals surface area contributed by atoms with Gasteiger partial charge in [0.1, 0.15) is 5.75 Å². The molecule has 0 atom stereocenters. The maximum atomic E-state index is 12.6. The van der Waals surface area contributed by atoms with Gasteiger partial charge in [0.05, 0.1) is 23.9 Å². The van der Waals surface area contributed by atoms with Crippen LogP contribution in [0.2, 0.25) is 5.02 Å². The Labute approximate surface area is 158 Å². The molecule has 1 aliphatic rings. The van der Waals surface area contributed by atoms with Gasteiger partial charge in [0.2, 0.25) is 0 Å². The minimum absolute atomic E-state index is 0.239. The predicted octanol–water partition coefficient (Wildman–Crippen LogP) is 3.97. The van der Waals surface area contributed by atoms with E-state index >= 15 is 0 Å². The second-order valence-electron chi connectivity index (χ2n) is 6.65. The van der Waals surface area contributed by atoms with E-state index in [1.54, 1.807) is 19.9 Å². The van der Waals surface area contributed by atoms with E-state index < -0.39 is 5.60 Å². The topological polar surface area (TPSA) is 50.8 Å². The van der Waals surface area contributed by atoms with Gasteiger partial charge in [-0.3, -0.25) is 4.79 Å². The van der Waals surface area contributed by atoms with Crippen molar-refractivity contribution in [2.75, 3.05) is 36.5 Å². The molecule has 26 heavy (non-hydrogen) atoms. The van der Waals surface area contributed by atoms with E-state index in [1.807, 2.05) is 42.5 Å². The SMILES string of the molecule is CC(C)(Oc1ccccc1)C(=O)Nc1ccc(N2CCOCC2)c(Cl)c1. The number of ether oxygens (including phenoxy) is 2. The minimum atomic E-state index is -1.02. The Balaban J connectivity index is 1.67. The highest BCUT2D eigenvalue weighted by atomic mass is 35.5. The third-order valence-electron chi connectivity index (χ3n) is 4.22. The summed E-state index contributed by atoms with van der Waals surface area (Å²) in [5, 5.41) is 3.49. The minimum Gasteiger partial charge on any atom is -0.478 e. The van der Waals surface area contributed by atoms with Crippen molar-refractivity contribution >= 4 is 28.9 Å². The molecule has 0 aliphatic carbocycles. The van der Waals surface area contributed by atoms with E-state index in [0.29, 0.717) is 29.7 Å². The molecule has 1 aliphatic heterocycles. The second-order valence-corrected chi connectivity index (χ2v) is 7.05. The lowest BCUT2D eigenvalue weighted by Crippen LogP contribution is -2.42. The number of halogens is 1. The molecule has 2 aromatic rings. The molecule has 0 unspecified atom stereocenters. The van der Waals surface area contributed by atoms with Crippen molar-refractivity contribution < 1.29 is 14.3 Å². The molecule has 1 saturated heterocycles. The summed E-state index contributed by atoms with van der Waals surface area (Å²) in [6, 6.07) is 14.8. The lowest BCUT2D eigenvalue weighted by atomic mass is 10.1. The molecular formula is C20H23ClN2O3. The normalized spacial score (nSPS) is 14.8. The molecule has 1 amide bonds. The van der Waals surface area contributed by atoms with Crippen LogP contribution in [-0.2, 0) is 9.53 Å². The number of hydrogen-bond acceptors (Lipinski definition) is 4. The van der Waals surface area contributed by atoms with Crippen LogP contribution in [0.4, 0.5) is 11.4 Å². The number of anilines is 2. The molecule has 0 bridgehead atoms. The van der Waals surface area contributed by atoms with Crippen LogP contribution in [-0.4, -0.2) is 37.8 Å². The fourth-order valence-corrected chi connectivity index (χ4v) is 3.06. The van der Waals surface area contributed by atoms with Gasteiger partial charge in [-0.05, 0) is 44.2 Å². The highest BCUT2D eigenvalue weighted by molar-refractivity contribution is 6.33.